The Morgan fingerprint density at radius 2 is 0.278 bits per heavy atom. The second-order valence-electron chi connectivity index (χ2n) is 18.6. The number of benzene rings is 8. The minimum atomic E-state index is -3.63. The van der Waals surface area contributed by atoms with Crippen LogP contribution in [-0.4, -0.2) is 0 Å². The summed E-state index contributed by atoms with van der Waals surface area (Å²) in [7, 11) is -14.5. The fourth-order valence-corrected chi connectivity index (χ4v) is 22.8. The third-order valence-corrected chi connectivity index (χ3v) is 24.6. The smallest absolute Gasteiger partial charge is 0.268 e. The van der Waals surface area contributed by atoms with Crippen molar-refractivity contribution >= 4 is 75.5 Å². The van der Waals surface area contributed by atoms with Gasteiger partial charge in [-0.05, 0) is 152 Å². The monoisotopic (exact) mass is 1030 g/mol. The molecule has 0 fully saturated rings. The zero-order chi connectivity index (χ0) is 50.4. The van der Waals surface area contributed by atoms with Crippen molar-refractivity contribution in [2.75, 3.05) is 40.7 Å². The maximum atomic E-state index is 6.26. The fraction of sp³-hybridized carbons (Fsp3) is 0.143. The third kappa shape index (κ3) is 12.9. The average Bonchev–Trinajstić information content (AvgIpc) is 3.34. The first-order chi connectivity index (χ1) is 34.6. The van der Waals surface area contributed by atoms with Gasteiger partial charge in [0.1, 0.15) is 0 Å². The van der Waals surface area contributed by atoms with E-state index in [0.29, 0.717) is 0 Å². The highest BCUT2D eigenvalue weighted by atomic mass is 31.3. The summed E-state index contributed by atoms with van der Waals surface area (Å²) in [4.78, 5) is 0. The van der Waals surface area contributed by atoms with Crippen molar-refractivity contribution in [2.24, 2.45) is 18.1 Å². The molecule has 368 valence electrons. The van der Waals surface area contributed by atoms with Gasteiger partial charge in [-0.25, -0.2) is 0 Å². The summed E-state index contributed by atoms with van der Waals surface area (Å²) < 4.78 is 25.1. The van der Waals surface area contributed by atoms with Crippen LogP contribution < -0.4 is 40.7 Å². The predicted octanol–water partition coefficient (Wildman–Crippen LogP) is 19.1. The Bertz CT molecular complexity index is 2690. The molecule has 0 amide bonds. The van der Waals surface area contributed by atoms with Crippen LogP contribution in [0.5, 0.6) is 0 Å². The lowest BCUT2D eigenvalue weighted by atomic mass is 10.2. The average molecular weight is 1030 g/mol. The molecular weight excluding hydrogens is 965 g/mol. The second-order valence-corrected chi connectivity index (χ2v) is 28.0. The first kappa shape index (κ1) is 50.0. The maximum Gasteiger partial charge on any atom is 0.268 e. The molecule has 0 saturated heterocycles. The van der Waals surface area contributed by atoms with Crippen LogP contribution in [0.15, 0.2) is 212 Å². The molecule has 0 unspecified atom stereocenters. The largest absolute Gasteiger partial charge is 0.319 e. The lowest BCUT2D eigenvalue weighted by Crippen LogP contribution is -2.16. The molecule has 8 aromatic rings. The van der Waals surface area contributed by atoms with E-state index in [9.17, 15) is 0 Å². The van der Waals surface area contributed by atoms with Crippen molar-refractivity contribution in [3.8, 4) is 0 Å². The van der Waals surface area contributed by atoms with Gasteiger partial charge in [0.15, 0.2) is 0 Å². The van der Waals surface area contributed by atoms with Crippen LogP contribution in [0.1, 0.15) is 44.5 Å². The topological polar surface area (TPSA) is 146 Å². The maximum absolute atomic E-state index is 6.26. The molecule has 72 heavy (non-hydrogen) atoms. The van der Waals surface area contributed by atoms with Crippen LogP contribution >= 0.6 is 30.0 Å². The summed E-state index contributed by atoms with van der Waals surface area (Å²) in [5.74, 6) is 0. The van der Waals surface area contributed by atoms with Gasteiger partial charge in [0.2, 0.25) is 0 Å². The van der Waals surface area contributed by atoms with Crippen molar-refractivity contribution in [1.29, 1.82) is 0 Å². The van der Waals surface area contributed by atoms with E-state index in [-0.39, 0.29) is 0 Å². The fourth-order valence-electron chi connectivity index (χ4n) is 7.76. The minimum absolute atomic E-state index is 0.825. The lowest BCUT2D eigenvalue weighted by Gasteiger charge is -2.38. The molecule has 0 saturated carbocycles. The molecule has 0 aromatic heterocycles. The second kappa shape index (κ2) is 21.4. The Kier molecular flexibility index (Phi) is 14.9. The summed E-state index contributed by atoms with van der Waals surface area (Å²) >= 11 is 0. The van der Waals surface area contributed by atoms with Crippen LogP contribution in [-0.2, 0) is 0 Å². The van der Waals surface area contributed by atoms with Gasteiger partial charge in [0.25, 0.3) is 30.0 Å². The highest BCUT2D eigenvalue weighted by Crippen LogP contribution is 2.77. The first-order valence-electron chi connectivity index (χ1n) is 24.0. The van der Waals surface area contributed by atoms with Crippen LogP contribution in [0.3, 0.4) is 0 Å². The van der Waals surface area contributed by atoms with Gasteiger partial charge in [-0.15, -0.1) is 0 Å². The SMILES string of the molecule is Cc1ccc(NP2(Nc3ccc(C)cc3)=NP(Nc3ccc(C)cc3)(Nc3ccc(C)cc3)=NP(Nc3ccc(C)cc3)(Nc3ccc(C)cc3)=NP(Nc3ccc(C)cc3)(Nc3ccc(C)cc3)=N2)cc1. The van der Waals surface area contributed by atoms with Gasteiger partial charge >= 0.3 is 0 Å². The van der Waals surface area contributed by atoms with E-state index in [1.165, 1.54) is 0 Å². The van der Waals surface area contributed by atoms with Crippen molar-refractivity contribution in [3.05, 3.63) is 239 Å². The highest BCUT2D eigenvalue weighted by molar-refractivity contribution is 7.90. The molecule has 1 heterocycles. The van der Waals surface area contributed by atoms with E-state index in [1.54, 1.807) is 0 Å². The van der Waals surface area contributed by atoms with E-state index in [0.717, 1.165) is 90.0 Å². The third-order valence-electron chi connectivity index (χ3n) is 11.7. The normalized spacial score (nSPS) is 15.0. The number of nitrogens with zero attached hydrogens (tertiary/aromatic N) is 4. The van der Waals surface area contributed by atoms with Crippen molar-refractivity contribution in [3.63, 3.8) is 0 Å². The van der Waals surface area contributed by atoms with Gasteiger partial charge in [-0.3, -0.25) is 0 Å². The number of aryl methyl sites for hydroxylation is 8. The van der Waals surface area contributed by atoms with E-state index >= 15 is 0 Å². The van der Waals surface area contributed by atoms with E-state index in [4.69, 9.17) is 18.1 Å². The first-order valence-corrected chi connectivity index (χ1v) is 30.7. The molecule has 1 aliphatic rings. The quantitative estimate of drug-likeness (QED) is 0.0447. The van der Waals surface area contributed by atoms with E-state index in [2.05, 4.69) is 290 Å². The Hall–Kier alpha value is -6.92. The Balaban J connectivity index is 1.50. The lowest BCUT2D eigenvalue weighted by molar-refractivity contribution is 1.43. The summed E-state index contributed by atoms with van der Waals surface area (Å²) in [6, 6.07) is 67.0. The van der Waals surface area contributed by atoms with Gasteiger partial charge in [-0.2, -0.15) is 18.1 Å². The zero-order valence-electron chi connectivity index (χ0n) is 42.1. The molecule has 0 aliphatic carbocycles. The summed E-state index contributed by atoms with van der Waals surface area (Å²) in [6.07, 6.45) is 0. The van der Waals surface area contributed by atoms with Gasteiger partial charge in [0.05, 0.1) is 0 Å². The molecule has 1 aliphatic heterocycles. The minimum Gasteiger partial charge on any atom is -0.319 e. The van der Waals surface area contributed by atoms with Gasteiger partial charge in [0, 0.05) is 45.5 Å². The van der Waals surface area contributed by atoms with Crippen LogP contribution in [0.25, 0.3) is 0 Å². The zero-order valence-corrected chi connectivity index (χ0v) is 45.6. The molecule has 9 rings (SSSR count). The molecule has 0 spiro atoms. The van der Waals surface area contributed by atoms with Crippen molar-refractivity contribution in [1.82, 2.24) is 0 Å². The Morgan fingerprint density at radius 1 is 0.181 bits per heavy atom. The molecule has 8 N–H and O–H groups in total. The summed E-state index contributed by atoms with van der Waals surface area (Å²) in [5, 5.41) is 32.0. The number of anilines is 8. The van der Waals surface area contributed by atoms with Crippen molar-refractivity contribution < 1.29 is 0 Å². The molecule has 0 radical (unpaired) electrons. The number of hydrogen-bond donors (Lipinski definition) is 8. The van der Waals surface area contributed by atoms with E-state index in [1.807, 2.05) is 0 Å². The number of nitrogens with one attached hydrogen (secondary N) is 8. The number of hydrogen-bond acceptors (Lipinski definition) is 12. The molecule has 8 aromatic carbocycles. The van der Waals surface area contributed by atoms with Gasteiger partial charge in [-0.1, -0.05) is 142 Å². The summed E-state index contributed by atoms with van der Waals surface area (Å²) in [5.41, 5.74) is 15.6. The molecule has 12 nitrogen and oxygen atoms in total. The highest BCUT2D eigenvalue weighted by Gasteiger charge is 2.40. The Labute approximate surface area is 426 Å². The van der Waals surface area contributed by atoms with Gasteiger partial charge < -0.3 is 40.7 Å². The standard InChI is InChI=1S/C56H64N12P4/c1-41-9-25-49(26-10-41)57-69(58-50-27-11-42(2)12-28-50)65-70(59-51-29-13-43(3)14-30-51,60-52-31-15-44(4)16-32-52)67-72(63-55-37-21-47(7)22-38-55,64-56-39-23-48(8)24-40-56)68-71(66-69,61-53-33-17-45(5)18-34-53)62-54-35-19-46(6)20-36-54/h9-40,57-64H,1-8H3. The van der Waals surface area contributed by atoms with Crippen molar-refractivity contribution in [2.45, 2.75) is 55.4 Å². The number of rotatable bonds is 16. The predicted molar refractivity (Wildman–Crippen MR) is 316 cm³/mol. The van der Waals surface area contributed by atoms with E-state index < -0.39 is 30.0 Å². The molecule has 16 heteroatoms. The van der Waals surface area contributed by atoms with Crippen LogP contribution in [0.2, 0.25) is 0 Å². The molecule has 0 bridgehead atoms. The molecular formula is C56H64N12P4. The Morgan fingerprint density at radius 3 is 0.375 bits per heavy atom. The molecule has 0 atom stereocenters. The summed E-state index contributed by atoms with van der Waals surface area (Å²) in [6.45, 7) is 16.7. The van der Waals surface area contributed by atoms with Crippen LogP contribution in [0.4, 0.5) is 45.5 Å². The van der Waals surface area contributed by atoms with Crippen LogP contribution in [0, 0.1) is 55.4 Å².